The van der Waals surface area contributed by atoms with Crippen molar-refractivity contribution < 1.29 is 13.5 Å². The summed E-state index contributed by atoms with van der Waals surface area (Å²) in [5.41, 5.74) is 2.10. The molecule has 4 nitrogen and oxygen atoms in total. The molecule has 0 amide bonds. The van der Waals surface area contributed by atoms with E-state index < -0.39 is 11.6 Å². The molecule has 9 heteroatoms. The highest BCUT2D eigenvalue weighted by Crippen LogP contribution is 2.26. The van der Waals surface area contributed by atoms with Gasteiger partial charge < -0.3 is 10.1 Å². The average Bonchev–Trinajstić information content (AvgIpc) is 2.75. The number of aromatic nitrogens is 2. The van der Waals surface area contributed by atoms with Crippen LogP contribution in [-0.4, -0.2) is 38.6 Å². The summed E-state index contributed by atoms with van der Waals surface area (Å²) in [5.74, 6) is 0.950. The zero-order chi connectivity index (χ0) is 22.2. The number of halogens is 4. The maximum Gasteiger partial charge on any atom is 0.223 e. The fourth-order valence-electron chi connectivity index (χ4n) is 2.98. The minimum Gasteiger partial charge on any atom is -0.490 e. The second-order valence-corrected chi connectivity index (χ2v) is 10.1. The molecule has 31 heavy (non-hydrogen) atoms. The van der Waals surface area contributed by atoms with Crippen LogP contribution in [-0.2, 0) is 4.74 Å². The van der Waals surface area contributed by atoms with Crippen LogP contribution in [0.1, 0.15) is 19.8 Å². The third-order valence-corrected chi connectivity index (χ3v) is 7.34. The molecule has 2 aromatic rings. The lowest BCUT2D eigenvalue weighted by Gasteiger charge is -2.17. The Kier molecular flexibility index (Phi) is 9.28. The van der Waals surface area contributed by atoms with Crippen LogP contribution in [0.2, 0.25) is 5.28 Å². The Hall–Kier alpha value is -1.52. The van der Waals surface area contributed by atoms with Gasteiger partial charge >= 0.3 is 0 Å². The van der Waals surface area contributed by atoms with Gasteiger partial charge in [0.25, 0.3) is 0 Å². The lowest BCUT2D eigenvalue weighted by molar-refractivity contribution is 0.133. The zero-order valence-electron chi connectivity index (χ0n) is 17.2. The van der Waals surface area contributed by atoms with Crippen molar-refractivity contribution in [1.29, 1.82) is 0 Å². The molecule has 0 saturated carbocycles. The van der Waals surface area contributed by atoms with Gasteiger partial charge in [0.2, 0.25) is 5.28 Å². The van der Waals surface area contributed by atoms with Crippen molar-refractivity contribution in [3.8, 4) is 11.3 Å². The van der Waals surface area contributed by atoms with Gasteiger partial charge in [-0.15, -0.1) is 0 Å². The van der Waals surface area contributed by atoms with E-state index in [1.54, 1.807) is 0 Å². The van der Waals surface area contributed by atoms with Crippen molar-refractivity contribution in [3.63, 3.8) is 0 Å². The topological polar surface area (TPSA) is 47.0 Å². The monoisotopic (exact) mass is 577 g/mol. The highest BCUT2D eigenvalue weighted by molar-refractivity contribution is 14.2. The van der Waals surface area contributed by atoms with Crippen molar-refractivity contribution in [2.24, 2.45) is 0 Å². The van der Waals surface area contributed by atoms with Crippen molar-refractivity contribution in [1.82, 2.24) is 9.97 Å². The molecule has 166 valence electrons. The highest BCUT2D eigenvalue weighted by atomic mass is 127. The predicted octanol–water partition coefficient (Wildman–Crippen LogP) is 6.59. The first kappa shape index (κ1) is 24.1. The number of nitrogens with zero attached hydrogens (tertiary/aromatic N) is 2. The molecule has 1 aliphatic rings. The summed E-state index contributed by atoms with van der Waals surface area (Å²) in [7, 11) is 0. The van der Waals surface area contributed by atoms with E-state index in [9.17, 15) is 8.78 Å². The molecule has 2 heterocycles. The summed E-state index contributed by atoms with van der Waals surface area (Å²) in [6.07, 6.45) is 6.91. The summed E-state index contributed by atoms with van der Waals surface area (Å²) in [5, 5.41) is 3.02. The second-order valence-electron chi connectivity index (χ2n) is 6.93. The first-order valence-electron chi connectivity index (χ1n) is 9.69. The molecule has 1 aromatic carbocycles. The van der Waals surface area contributed by atoms with Crippen LogP contribution in [0, 0.1) is 11.6 Å². The van der Waals surface area contributed by atoms with E-state index in [-0.39, 0.29) is 37.8 Å². The molecule has 0 fully saturated rings. The van der Waals surface area contributed by atoms with E-state index in [2.05, 4.69) is 35.7 Å². The lowest BCUT2D eigenvalue weighted by atomic mass is 10.1. The van der Waals surface area contributed by atoms with Gasteiger partial charge in [0.05, 0.1) is 18.0 Å². The number of allylic oxidation sites excluding steroid dienone is 1. The van der Waals surface area contributed by atoms with Crippen LogP contribution in [0.3, 0.4) is 0 Å². The number of rotatable bonds is 10. The molecule has 0 saturated heterocycles. The molecule has 1 aromatic heterocycles. The number of benzene rings is 1. The van der Waals surface area contributed by atoms with E-state index in [4.69, 9.17) is 16.3 Å². The van der Waals surface area contributed by atoms with Crippen LogP contribution in [0.15, 0.2) is 45.9 Å². The number of ether oxygens (including phenoxy) is 1. The summed E-state index contributed by atoms with van der Waals surface area (Å²) in [4.78, 5) is 7.51. The summed E-state index contributed by atoms with van der Waals surface area (Å²) in [6, 6.07) is 4.28. The van der Waals surface area contributed by atoms with E-state index >= 15 is 0 Å². The van der Waals surface area contributed by atoms with Gasteiger partial charge in [-0.25, -0.2) is 18.7 Å². The molecule has 0 bridgehead atoms. The van der Waals surface area contributed by atoms with Crippen LogP contribution in [0.25, 0.3) is 11.3 Å². The number of hydrogen-bond acceptors (Lipinski definition) is 5. The van der Waals surface area contributed by atoms with Crippen LogP contribution >= 0.6 is 44.1 Å². The number of anilines is 1. The average molecular weight is 578 g/mol. The smallest absolute Gasteiger partial charge is 0.223 e. The third-order valence-electron chi connectivity index (χ3n) is 4.41. The number of nitrogens with one attached hydrogen (secondary N) is 1. The second kappa shape index (κ2) is 11.9. The van der Waals surface area contributed by atoms with Crippen LogP contribution in [0.4, 0.5) is 14.5 Å². The minimum atomic E-state index is -0.611. The lowest BCUT2D eigenvalue weighted by Crippen LogP contribution is -2.11. The normalized spacial score (nSPS) is 14.4. The zero-order valence-corrected chi connectivity index (χ0v) is 20.9. The van der Waals surface area contributed by atoms with E-state index in [1.807, 2.05) is 18.7 Å². The van der Waals surface area contributed by atoms with E-state index in [0.717, 1.165) is 30.6 Å². The predicted molar refractivity (Wildman–Crippen MR) is 135 cm³/mol. The first-order chi connectivity index (χ1) is 15.0. The number of thioether (sulfide) groups is 1. The van der Waals surface area contributed by atoms with E-state index in [0.29, 0.717) is 17.8 Å². The fourth-order valence-corrected chi connectivity index (χ4v) is 5.63. The fraction of sp³-hybridized carbons (Fsp3) is 0.318. The largest absolute Gasteiger partial charge is 0.490 e. The van der Waals surface area contributed by atoms with Crippen LogP contribution in [0.5, 0.6) is 0 Å². The molecular weight excluding hydrogens is 555 g/mol. The van der Waals surface area contributed by atoms with Crippen LogP contribution < -0.4 is 5.32 Å². The quantitative estimate of drug-likeness (QED) is 0.196. The summed E-state index contributed by atoms with van der Waals surface area (Å²) >= 11 is 7.49. The Labute approximate surface area is 200 Å². The van der Waals surface area contributed by atoms with Crippen molar-refractivity contribution in [2.75, 3.05) is 23.9 Å². The van der Waals surface area contributed by atoms with Gasteiger partial charge in [-0.3, -0.25) is 0 Å². The van der Waals surface area contributed by atoms with Gasteiger partial charge in [0, 0.05) is 21.9 Å². The Morgan fingerprint density at radius 3 is 2.94 bits per heavy atom. The molecule has 0 spiro atoms. The van der Waals surface area contributed by atoms with Gasteiger partial charge in [-0.2, -0.15) is 11.8 Å². The SMILES string of the molecule is CSCC1=CC(OC(C)CCCNc2cc(-c3nc(Cl)ncc3F)ccc2F)=CI=C1. The van der Waals surface area contributed by atoms with Crippen molar-refractivity contribution >= 4 is 53.8 Å². The Balaban J connectivity index is 1.52. The molecule has 1 unspecified atom stereocenters. The van der Waals surface area contributed by atoms with Crippen molar-refractivity contribution in [3.05, 3.63) is 62.8 Å². The first-order valence-corrected chi connectivity index (χ1v) is 14.0. The number of hydrogen-bond donors (Lipinski definition) is 1. The summed E-state index contributed by atoms with van der Waals surface area (Å²) in [6.45, 7) is 2.61. The molecule has 1 N–H and O–H groups in total. The summed E-state index contributed by atoms with van der Waals surface area (Å²) < 4.78 is 38.8. The molecular formula is C22H23ClF2IN3OS. The standard InChI is InChI=1S/C22H23ClF2IN3OS/c1-14(30-17-8-15(13-31-2)10-26-11-17)4-3-7-27-20-9-16(5-6-18(20)24)21-19(25)12-28-22(23)29-21/h5-6,8-12,14,27H,3-4,7,13H2,1-2H3. The van der Waals surface area contributed by atoms with Crippen molar-refractivity contribution in [2.45, 2.75) is 25.9 Å². The Morgan fingerprint density at radius 1 is 1.29 bits per heavy atom. The Morgan fingerprint density at radius 2 is 2.13 bits per heavy atom. The molecule has 0 aliphatic carbocycles. The highest BCUT2D eigenvalue weighted by Gasteiger charge is 2.12. The minimum absolute atomic E-state index is 0.0415. The van der Waals surface area contributed by atoms with E-state index in [1.165, 1.54) is 23.8 Å². The molecule has 1 atom stereocenters. The molecule has 3 rings (SSSR count). The van der Waals surface area contributed by atoms with Gasteiger partial charge in [0.1, 0.15) is 17.3 Å². The Bertz CT molecular complexity index is 1020. The third kappa shape index (κ3) is 7.25. The maximum absolute atomic E-state index is 14.2. The van der Waals surface area contributed by atoms with Gasteiger partial charge in [-0.1, -0.05) is 20.7 Å². The van der Waals surface area contributed by atoms with Gasteiger partial charge in [-0.05, 0) is 71.5 Å². The maximum atomic E-state index is 14.2. The van der Waals surface area contributed by atoms with Gasteiger partial charge in [0.15, 0.2) is 5.82 Å². The molecule has 0 radical (unpaired) electrons. The molecule has 1 aliphatic heterocycles.